The molecule has 0 radical (unpaired) electrons. The van der Waals surface area contributed by atoms with Crippen molar-refractivity contribution in [1.29, 1.82) is 10.7 Å². The van der Waals surface area contributed by atoms with Gasteiger partial charge in [0.05, 0.1) is 16.4 Å². The monoisotopic (exact) mass is 405 g/mol. The Bertz CT molecular complexity index is 1680. The SMILES string of the molecule is N#Cc1c(=N)n2c3ccccc3nc2c2cc3cc4c5c(c3oc12)CCCN5CCC4. The molecule has 3 aromatic heterocycles. The minimum absolute atomic E-state index is 0.120. The molecule has 6 nitrogen and oxygen atoms in total. The molecule has 0 amide bonds. The lowest BCUT2D eigenvalue weighted by Gasteiger charge is -2.37. The van der Waals surface area contributed by atoms with Crippen LogP contribution in [0.3, 0.4) is 0 Å². The average molecular weight is 405 g/mol. The molecule has 0 bridgehead atoms. The minimum atomic E-state index is 0.120. The number of hydrogen-bond donors (Lipinski definition) is 1. The summed E-state index contributed by atoms with van der Waals surface area (Å²) in [5.74, 6) is 0. The zero-order valence-corrected chi connectivity index (χ0v) is 16.9. The Morgan fingerprint density at radius 2 is 1.90 bits per heavy atom. The van der Waals surface area contributed by atoms with Crippen molar-refractivity contribution < 1.29 is 4.42 Å². The van der Waals surface area contributed by atoms with E-state index in [0.29, 0.717) is 11.2 Å². The number of aromatic nitrogens is 2. The number of nitriles is 1. The van der Waals surface area contributed by atoms with Crippen molar-refractivity contribution in [1.82, 2.24) is 9.38 Å². The molecule has 31 heavy (non-hydrogen) atoms. The van der Waals surface area contributed by atoms with Crippen LogP contribution in [0.2, 0.25) is 0 Å². The van der Waals surface area contributed by atoms with Crippen molar-refractivity contribution in [2.24, 2.45) is 0 Å². The van der Waals surface area contributed by atoms with E-state index in [1.54, 1.807) is 4.40 Å². The standard InChI is InChI=1S/C25H19N5O/c26-13-18-23-17(25-28-19-7-1-2-8-20(19)30(25)24(18)27)12-15-11-14-5-3-9-29-10-4-6-16(21(14)29)22(15)31-23/h1-2,7-8,11-12,27H,3-6,9-10H2. The summed E-state index contributed by atoms with van der Waals surface area (Å²) < 4.78 is 8.27. The van der Waals surface area contributed by atoms with Crippen LogP contribution in [0.4, 0.5) is 5.69 Å². The first-order chi connectivity index (χ1) is 15.2. The van der Waals surface area contributed by atoms with Gasteiger partial charge in [0.25, 0.3) is 0 Å². The lowest BCUT2D eigenvalue weighted by molar-refractivity contribution is 0.613. The van der Waals surface area contributed by atoms with E-state index in [1.807, 2.05) is 24.3 Å². The van der Waals surface area contributed by atoms with Crippen LogP contribution in [0.15, 0.2) is 40.8 Å². The number of imidazole rings is 1. The number of nitrogens with zero attached hydrogens (tertiary/aromatic N) is 4. The molecule has 2 aliphatic heterocycles. The van der Waals surface area contributed by atoms with Crippen molar-refractivity contribution >= 4 is 44.3 Å². The van der Waals surface area contributed by atoms with Crippen LogP contribution in [0.25, 0.3) is 38.6 Å². The Kier molecular flexibility index (Phi) is 3.19. The van der Waals surface area contributed by atoms with Gasteiger partial charge in [-0.1, -0.05) is 12.1 Å². The number of para-hydroxylation sites is 2. The van der Waals surface area contributed by atoms with Crippen LogP contribution in [-0.2, 0) is 12.8 Å². The molecule has 5 aromatic rings. The van der Waals surface area contributed by atoms with Crippen molar-refractivity contribution in [3.05, 3.63) is 58.6 Å². The third-order valence-corrected chi connectivity index (χ3v) is 6.85. The second-order valence-corrected chi connectivity index (χ2v) is 8.56. The summed E-state index contributed by atoms with van der Waals surface area (Å²) in [7, 11) is 0. The minimum Gasteiger partial charge on any atom is -0.454 e. The summed E-state index contributed by atoms with van der Waals surface area (Å²) in [5, 5.41) is 20.6. The smallest absolute Gasteiger partial charge is 0.160 e. The molecule has 2 aliphatic rings. The Morgan fingerprint density at radius 1 is 1.06 bits per heavy atom. The second-order valence-electron chi connectivity index (χ2n) is 8.56. The van der Waals surface area contributed by atoms with Gasteiger partial charge >= 0.3 is 0 Å². The largest absolute Gasteiger partial charge is 0.454 e. The van der Waals surface area contributed by atoms with E-state index in [9.17, 15) is 5.26 Å². The van der Waals surface area contributed by atoms with Crippen LogP contribution in [0, 0.1) is 16.7 Å². The summed E-state index contributed by atoms with van der Waals surface area (Å²) in [6.45, 7) is 2.20. The predicted molar refractivity (Wildman–Crippen MR) is 119 cm³/mol. The normalized spacial score (nSPS) is 15.6. The summed E-state index contributed by atoms with van der Waals surface area (Å²) in [4.78, 5) is 7.29. The van der Waals surface area contributed by atoms with Crippen molar-refractivity contribution in [3.63, 3.8) is 0 Å². The Morgan fingerprint density at radius 3 is 2.77 bits per heavy atom. The van der Waals surface area contributed by atoms with E-state index in [4.69, 9.17) is 14.8 Å². The number of aryl methyl sites for hydroxylation is 2. The fraction of sp³-hybridized carbons (Fsp3) is 0.240. The van der Waals surface area contributed by atoms with Crippen LogP contribution in [-0.4, -0.2) is 22.5 Å². The number of pyridine rings is 1. The van der Waals surface area contributed by atoms with E-state index in [0.717, 1.165) is 59.7 Å². The fourth-order valence-electron chi connectivity index (χ4n) is 5.57. The molecule has 5 heterocycles. The Hall–Kier alpha value is -3.85. The molecule has 0 atom stereocenters. The first kappa shape index (κ1) is 16.9. The third kappa shape index (κ3) is 2.10. The number of anilines is 1. The van der Waals surface area contributed by atoms with Gasteiger partial charge in [-0.15, -0.1) is 0 Å². The molecule has 6 heteroatoms. The highest BCUT2D eigenvalue weighted by Gasteiger charge is 2.27. The summed E-state index contributed by atoms with van der Waals surface area (Å²) in [6.07, 6.45) is 4.36. The Labute approximate surface area is 177 Å². The molecule has 150 valence electrons. The molecule has 0 unspecified atom stereocenters. The van der Waals surface area contributed by atoms with E-state index in [2.05, 4.69) is 23.1 Å². The van der Waals surface area contributed by atoms with E-state index in [-0.39, 0.29) is 11.1 Å². The van der Waals surface area contributed by atoms with Gasteiger partial charge in [0.1, 0.15) is 17.2 Å². The first-order valence-corrected chi connectivity index (χ1v) is 10.8. The summed E-state index contributed by atoms with van der Waals surface area (Å²) in [6, 6.07) is 14.3. The number of rotatable bonds is 0. The van der Waals surface area contributed by atoms with Crippen molar-refractivity contribution in [3.8, 4) is 6.07 Å². The van der Waals surface area contributed by atoms with Gasteiger partial charge < -0.3 is 9.32 Å². The number of fused-ring (bicyclic) bond motifs is 7. The molecule has 0 fully saturated rings. The maximum absolute atomic E-state index is 9.96. The van der Waals surface area contributed by atoms with Gasteiger partial charge in [-0.2, -0.15) is 5.26 Å². The number of nitrogens with one attached hydrogen (secondary N) is 1. The molecular weight excluding hydrogens is 386 g/mol. The maximum Gasteiger partial charge on any atom is 0.160 e. The highest BCUT2D eigenvalue weighted by molar-refractivity contribution is 6.03. The molecule has 0 aliphatic carbocycles. The van der Waals surface area contributed by atoms with Gasteiger partial charge in [-0.3, -0.25) is 9.81 Å². The van der Waals surface area contributed by atoms with Crippen LogP contribution in [0.5, 0.6) is 0 Å². The third-order valence-electron chi connectivity index (χ3n) is 6.85. The lowest BCUT2D eigenvalue weighted by atomic mass is 9.90. The fourth-order valence-corrected chi connectivity index (χ4v) is 5.57. The van der Waals surface area contributed by atoms with Crippen LogP contribution in [0.1, 0.15) is 29.5 Å². The molecular formula is C25H19N5O. The van der Waals surface area contributed by atoms with Crippen molar-refractivity contribution in [2.45, 2.75) is 25.7 Å². The molecule has 2 aromatic carbocycles. The highest BCUT2D eigenvalue weighted by Crippen LogP contribution is 2.41. The molecule has 0 saturated carbocycles. The highest BCUT2D eigenvalue weighted by atomic mass is 16.3. The van der Waals surface area contributed by atoms with E-state index >= 15 is 0 Å². The van der Waals surface area contributed by atoms with E-state index in [1.165, 1.54) is 23.2 Å². The quantitative estimate of drug-likeness (QED) is 0.386. The molecule has 7 rings (SSSR count). The van der Waals surface area contributed by atoms with Gasteiger partial charge in [-0.25, -0.2) is 4.98 Å². The van der Waals surface area contributed by atoms with Gasteiger partial charge in [0.2, 0.25) is 0 Å². The van der Waals surface area contributed by atoms with Crippen LogP contribution >= 0.6 is 0 Å². The van der Waals surface area contributed by atoms with Gasteiger partial charge in [-0.05, 0) is 55.5 Å². The first-order valence-electron chi connectivity index (χ1n) is 10.8. The second kappa shape index (κ2) is 5.86. The van der Waals surface area contributed by atoms with Gasteiger partial charge in [0, 0.05) is 29.7 Å². The summed E-state index contributed by atoms with van der Waals surface area (Å²) in [5.41, 5.74) is 7.99. The topological polar surface area (TPSA) is 81.3 Å². The molecule has 0 saturated heterocycles. The van der Waals surface area contributed by atoms with Crippen molar-refractivity contribution in [2.75, 3.05) is 18.0 Å². The molecule has 0 spiro atoms. The molecule has 1 N–H and O–H groups in total. The average Bonchev–Trinajstić information content (AvgIpc) is 3.19. The Balaban J connectivity index is 1.70. The zero-order chi connectivity index (χ0) is 20.7. The van der Waals surface area contributed by atoms with E-state index < -0.39 is 0 Å². The van der Waals surface area contributed by atoms with Gasteiger partial charge in [0.15, 0.2) is 16.7 Å². The van der Waals surface area contributed by atoms with Crippen LogP contribution < -0.4 is 10.4 Å². The lowest BCUT2D eigenvalue weighted by Crippen LogP contribution is -2.34. The zero-order valence-electron chi connectivity index (χ0n) is 16.9. The maximum atomic E-state index is 9.96. The summed E-state index contributed by atoms with van der Waals surface area (Å²) >= 11 is 0. The number of hydrogen-bond acceptors (Lipinski definition) is 5. The number of benzene rings is 2. The predicted octanol–water partition coefficient (Wildman–Crippen LogP) is 4.44.